The lowest BCUT2D eigenvalue weighted by atomic mass is 10.0. The summed E-state index contributed by atoms with van der Waals surface area (Å²) in [5, 5.41) is 6.87. The second-order valence-electron chi connectivity index (χ2n) is 4.62. The maximum Gasteiger partial charge on any atom is 0.132 e. The van der Waals surface area contributed by atoms with Crippen molar-refractivity contribution in [1.82, 2.24) is 10.6 Å². The van der Waals surface area contributed by atoms with Gasteiger partial charge in [-0.15, -0.1) is 0 Å². The molecule has 4 heteroatoms. The van der Waals surface area contributed by atoms with E-state index in [-0.39, 0.29) is 0 Å². The fraction of sp³-hybridized carbons (Fsp3) is 0.538. The number of hydrogen-bond donors (Lipinski definition) is 2. The molecule has 1 atom stereocenters. The van der Waals surface area contributed by atoms with Crippen LogP contribution in [-0.4, -0.2) is 31.7 Å². The van der Waals surface area contributed by atoms with Crippen molar-refractivity contribution in [2.24, 2.45) is 0 Å². The van der Waals surface area contributed by atoms with E-state index < -0.39 is 0 Å². The summed E-state index contributed by atoms with van der Waals surface area (Å²) < 4.78 is 0. The van der Waals surface area contributed by atoms with E-state index in [2.05, 4.69) is 46.8 Å². The number of piperidine rings is 1. The zero-order chi connectivity index (χ0) is 11.7. The van der Waals surface area contributed by atoms with Crippen LogP contribution in [-0.2, 0) is 0 Å². The Kier molecular flexibility index (Phi) is 3.27. The van der Waals surface area contributed by atoms with Gasteiger partial charge in [-0.2, -0.15) is 0 Å². The minimum Gasteiger partial charge on any atom is -0.343 e. The molecule has 2 aliphatic heterocycles. The number of anilines is 1. The summed E-state index contributed by atoms with van der Waals surface area (Å²) in [4.78, 5) is 3.98. The molecule has 92 valence electrons. The van der Waals surface area contributed by atoms with E-state index in [1.54, 1.807) is 0 Å². The molecule has 17 heavy (non-hydrogen) atoms. The van der Waals surface area contributed by atoms with Crippen LogP contribution in [0.1, 0.15) is 12.8 Å². The molecule has 2 N–H and O–H groups in total. The first-order valence-electron chi connectivity index (χ1n) is 6.32. The SMILES string of the molecule is CNC1Sc2ccccc2N1C1CCNCC1. The van der Waals surface area contributed by atoms with Crippen LogP contribution >= 0.6 is 11.8 Å². The Morgan fingerprint density at radius 2 is 2.06 bits per heavy atom. The lowest BCUT2D eigenvalue weighted by Gasteiger charge is -2.37. The summed E-state index contributed by atoms with van der Waals surface area (Å²) in [6.45, 7) is 2.29. The topological polar surface area (TPSA) is 27.3 Å². The molecule has 0 bridgehead atoms. The first-order chi connectivity index (χ1) is 8.40. The van der Waals surface area contributed by atoms with Crippen molar-refractivity contribution >= 4 is 17.4 Å². The van der Waals surface area contributed by atoms with Crippen LogP contribution in [0.15, 0.2) is 29.2 Å². The standard InChI is InChI=1S/C13H19N3S/c1-14-13-16(10-6-8-15-9-7-10)11-4-2-3-5-12(11)17-13/h2-5,10,13-15H,6-9H2,1H3. The second-order valence-corrected chi connectivity index (χ2v) is 5.74. The van der Waals surface area contributed by atoms with Crippen molar-refractivity contribution in [2.75, 3.05) is 25.0 Å². The third-order valence-electron chi connectivity index (χ3n) is 3.58. The maximum absolute atomic E-state index is 3.44. The van der Waals surface area contributed by atoms with Crippen molar-refractivity contribution in [3.05, 3.63) is 24.3 Å². The summed E-state index contributed by atoms with van der Waals surface area (Å²) in [6.07, 6.45) is 2.49. The van der Waals surface area contributed by atoms with Crippen molar-refractivity contribution < 1.29 is 0 Å². The molecule has 0 radical (unpaired) electrons. The Balaban J connectivity index is 1.89. The van der Waals surface area contributed by atoms with Crippen molar-refractivity contribution in [3.63, 3.8) is 0 Å². The summed E-state index contributed by atoms with van der Waals surface area (Å²) in [6, 6.07) is 9.42. The smallest absolute Gasteiger partial charge is 0.132 e. The van der Waals surface area contributed by atoms with Gasteiger partial charge in [-0.05, 0) is 45.1 Å². The van der Waals surface area contributed by atoms with Crippen LogP contribution in [0.3, 0.4) is 0 Å². The number of fused-ring (bicyclic) bond motifs is 1. The molecule has 0 aliphatic carbocycles. The van der Waals surface area contributed by atoms with Crippen LogP contribution in [0.25, 0.3) is 0 Å². The summed E-state index contributed by atoms with van der Waals surface area (Å²) in [5.74, 6) is 0. The highest BCUT2D eigenvalue weighted by Gasteiger charge is 2.34. The van der Waals surface area contributed by atoms with E-state index in [9.17, 15) is 0 Å². The van der Waals surface area contributed by atoms with E-state index in [0.29, 0.717) is 11.5 Å². The summed E-state index contributed by atoms with van der Waals surface area (Å²) in [7, 11) is 2.05. The predicted molar refractivity (Wildman–Crippen MR) is 73.5 cm³/mol. The van der Waals surface area contributed by atoms with E-state index >= 15 is 0 Å². The highest BCUT2D eigenvalue weighted by Crippen LogP contribution is 2.44. The average Bonchev–Trinajstić information content (AvgIpc) is 2.78. The largest absolute Gasteiger partial charge is 0.343 e. The minimum absolute atomic E-state index is 0.399. The van der Waals surface area contributed by atoms with Gasteiger partial charge in [0, 0.05) is 10.9 Å². The molecule has 1 fully saturated rings. The number of hydrogen-bond acceptors (Lipinski definition) is 4. The summed E-state index contributed by atoms with van der Waals surface area (Å²) in [5.41, 5.74) is 1.80. The Hall–Kier alpha value is -0.710. The predicted octanol–water partition coefficient (Wildman–Crippen LogP) is 1.85. The highest BCUT2D eigenvalue weighted by atomic mass is 32.2. The van der Waals surface area contributed by atoms with Gasteiger partial charge in [-0.25, -0.2) is 0 Å². The zero-order valence-corrected chi connectivity index (χ0v) is 11.0. The van der Waals surface area contributed by atoms with Gasteiger partial charge >= 0.3 is 0 Å². The van der Waals surface area contributed by atoms with E-state index in [4.69, 9.17) is 0 Å². The van der Waals surface area contributed by atoms with Gasteiger partial charge in [0.2, 0.25) is 0 Å². The molecule has 3 rings (SSSR count). The van der Waals surface area contributed by atoms with Crippen LogP contribution in [0.2, 0.25) is 0 Å². The Labute approximate surface area is 107 Å². The first-order valence-corrected chi connectivity index (χ1v) is 7.20. The Morgan fingerprint density at radius 1 is 1.29 bits per heavy atom. The number of thioether (sulfide) groups is 1. The Bertz CT molecular complexity index is 390. The van der Waals surface area contributed by atoms with Crippen molar-refractivity contribution in [3.8, 4) is 0 Å². The molecule has 0 saturated carbocycles. The number of nitrogens with one attached hydrogen (secondary N) is 2. The van der Waals surface area contributed by atoms with Crippen LogP contribution in [0.4, 0.5) is 5.69 Å². The zero-order valence-electron chi connectivity index (χ0n) is 10.1. The van der Waals surface area contributed by atoms with Crippen LogP contribution < -0.4 is 15.5 Å². The number of benzene rings is 1. The molecule has 0 aromatic heterocycles. The number of rotatable bonds is 2. The van der Waals surface area contributed by atoms with Gasteiger partial charge in [0.15, 0.2) is 0 Å². The third-order valence-corrected chi connectivity index (χ3v) is 4.87. The van der Waals surface area contributed by atoms with E-state index in [0.717, 1.165) is 13.1 Å². The average molecular weight is 249 g/mol. The van der Waals surface area contributed by atoms with Crippen molar-refractivity contribution in [1.29, 1.82) is 0 Å². The molecule has 1 aromatic carbocycles. The van der Waals surface area contributed by atoms with Gasteiger partial charge in [0.1, 0.15) is 5.50 Å². The van der Waals surface area contributed by atoms with Gasteiger partial charge in [0.05, 0.1) is 5.69 Å². The molecule has 1 unspecified atom stereocenters. The maximum atomic E-state index is 3.44. The molecule has 3 nitrogen and oxygen atoms in total. The fourth-order valence-electron chi connectivity index (χ4n) is 2.74. The number of nitrogens with zero attached hydrogens (tertiary/aromatic N) is 1. The van der Waals surface area contributed by atoms with Crippen LogP contribution in [0, 0.1) is 0 Å². The van der Waals surface area contributed by atoms with Gasteiger partial charge < -0.3 is 10.2 Å². The lowest BCUT2D eigenvalue weighted by molar-refractivity contribution is 0.417. The van der Waals surface area contributed by atoms with E-state index in [1.165, 1.54) is 23.4 Å². The molecular formula is C13H19N3S. The normalized spacial score (nSPS) is 25.0. The molecule has 0 amide bonds. The van der Waals surface area contributed by atoms with E-state index in [1.807, 2.05) is 11.8 Å². The molecule has 0 spiro atoms. The quantitative estimate of drug-likeness (QED) is 0.836. The molecule has 1 aromatic rings. The summed E-state index contributed by atoms with van der Waals surface area (Å²) >= 11 is 1.93. The first kappa shape index (κ1) is 11.4. The van der Waals surface area contributed by atoms with Gasteiger partial charge in [-0.3, -0.25) is 5.32 Å². The number of para-hydroxylation sites is 1. The van der Waals surface area contributed by atoms with Crippen molar-refractivity contribution in [2.45, 2.75) is 29.3 Å². The molecular weight excluding hydrogens is 230 g/mol. The second kappa shape index (κ2) is 4.88. The highest BCUT2D eigenvalue weighted by molar-refractivity contribution is 8.00. The lowest BCUT2D eigenvalue weighted by Crippen LogP contribution is -2.49. The molecule has 2 aliphatic rings. The Morgan fingerprint density at radius 3 is 2.82 bits per heavy atom. The third kappa shape index (κ3) is 2.05. The molecule has 2 heterocycles. The fourth-order valence-corrected chi connectivity index (χ4v) is 3.95. The van der Waals surface area contributed by atoms with Gasteiger partial charge in [0.25, 0.3) is 0 Å². The monoisotopic (exact) mass is 249 g/mol. The minimum atomic E-state index is 0.399. The van der Waals surface area contributed by atoms with Crippen LogP contribution in [0.5, 0.6) is 0 Å². The van der Waals surface area contributed by atoms with Gasteiger partial charge in [-0.1, -0.05) is 23.9 Å². The molecule has 1 saturated heterocycles.